The third-order valence-corrected chi connectivity index (χ3v) is 3.22. The van der Waals surface area contributed by atoms with Crippen molar-refractivity contribution in [3.63, 3.8) is 0 Å². The van der Waals surface area contributed by atoms with Crippen molar-refractivity contribution in [1.29, 1.82) is 0 Å². The molecule has 0 aliphatic carbocycles. The fourth-order valence-electron chi connectivity index (χ4n) is 1.54. The number of hydrogen-bond donors (Lipinski definition) is 2. The van der Waals surface area contributed by atoms with Crippen molar-refractivity contribution in [3.05, 3.63) is 29.8 Å². The predicted octanol–water partition coefficient (Wildman–Crippen LogP) is 2.58. The molecule has 0 aromatic heterocycles. The molecular formula is C15H24N2O2. The maximum atomic E-state index is 11.6. The second kappa shape index (κ2) is 7.67. The molecule has 0 radical (unpaired) electrons. The average molecular weight is 264 g/mol. The molecule has 1 rings (SSSR count). The van der Waals surface area contributed by atoms with Crippen LogP contribution in [0.4, 0.5) is 4.79 Å². The van der Waals surface area contributed by atoms with Gasteiger partial charge in [-0.1, -0.05) is 26.0 Å². The van der Waals surface area contributed by atoms with Gasteiger partial charge in [0.15, 0.2) is 0 Å². The van der Waals surface area contributed by atoms with Gasteiger partial charge in [0.05, 0.1) is 7.11 Å². The second-order valence-corrected chi connectivity index (χ2v) is 5.03. The molecule has 4 heteroatoms. The summed E-state index contributed by atoms with van der Waals surface area (Å²) in [6, 6.07) is 7.95. The molecule has 1 aromatic carbocycles. The molecule has 0 aliphatic rings. The van der Waals surface area contributed by atoms with Crippen LogP contribution in [0.5, 0.6) is 5.75 Å². The third kappa shape index (κ3) is 5.64. The first-order valence-electron chi connectivity index (χ1n) is 6.70. The topological polar surface area (TPSA) is 50.4 Å². The molecule has 0 saturated heterocycles. The number of amides is 2. The van der Waals surface area contributed by atoms with Gasteiger partial charge in [0.1, 0.15) is 5.75 Å². The van der Waals surface area contributed by atoms with Crippen LogP contribution in [-0.4, -0.2) is 25.7 Å². The van der Waals surface area contributed by atoms with Gasteiger partial charge in [-0.05, 0) is 37.0 Å². The second-order valence-electron chi connectivity index (χ2n) is 5.03. The van der Waals surface area contributed by atoms with E-state index in [-0.39, 0.29) is 12.1 Å². The fraction of sp³-hybridized carbons (Fsp3) is 0.533. The van der Waals surface area contributed by atoms with Crippen LogP contribution in [0.15, 0.2) is 24.3 Å². The van der Waals surface area contributed by atoms with Crippen LogP contribution in [-0.2, 0) is 6.42 Å². The number of carbonyl (C=O) groups excluding carboxylic acids is 1. The highest BCUT2D eigenvalue weighted by molar-refractivity contribution is 5.74. The van der Waals surface area contributed by atoms with E-state index in [2.05, 4.69) is 24.5 Å². The minimum absolute atomic E-state index is 0.102. The maximum absolute atomic E-state index is 11.6. The molecule has 106 valence electrons. The van der Waals surface area contributed by atoms with E-state index in [4.69, 9.17) is 4.74 Å². The van der Waals surface area contributed by atoms with E-state index in [9.17, 15) is 4.79 Å². The lowest BCUT2D eigenvalue weighted by atomic mass is 10.1. The summed E-state index contributed by atoms with van der Waals surface area (Å²) in [5.41, 5.74) is 1.18. The van der Waals surface area contributed by atoms with E-state index >= 15 is 0 Å². The quantitative estimate of drug-likeness (QED) is 0.829. The molecule has 0 spiro atoms. The van der Waals surface area contributed by atoms with Gasteiger partial charge in [-0.3, -0.25) is 0 Å². The largest absolute Gasteiger partial charge is 0.497 e. The molecular weight excluding hydrogens is 240 g/mol. The minimum Gasteiger partial charge on any atom is -0.497 e. The van der Waals surface area contributed by atoms with Crippen molar-refractivity contribution in [2.75, 3.05) is 13.7 Å². The molecule has 0 bridgehead atoms. The van der Waals surface area contributed by atoms with Crippen LogP contribution < -0.4 is 15.4 Å². The third-order valence-electron chi connectivity index (χ3n) is 3.22. The molecule has 2 amide bonds. The standard InChI is InChI=1S/C15H24N2O2/c1-11(2)12(3)17-15(18)16-10-9-13-5-7-14(19-4)8-6-13/h5-8,11-12H,9-10H2,1-4H3,(H2,16,17,18). The van der Waals surface area contributed by atoms with Crippen molar-refractivity contribution >= 4 is 6.03 Å². The van der Waals surface area contributed by atoms with Crippen LogP contribution in [0.1, 0.15) is 26.3 Å². The first kappa shape index (κ1) is 15.3. The number of nitrogens with one attached hydrogen (secondary N) is 2. The molecule has 0 saturated carbocycles. The summed E-state index contributed by atoms with van der Waals surface area (Å²) in [4.78, 5) is 11.6. The Hall–Kier alpha value is -1.71. The Labute approximate surface area is 115 Å². The monoisotopic (exact) mass is 264 g/mol. The molecule has 0 aliphatic heterocycles. The summed E-state index contributed by atoms with van der Waals surface area (Å²) in [7, 11) is 1.65. The summed E-state index contributed by atoms with van der Waals surface area (Å²) < 4.78 is 5.10. The van der Waals surface area contributed by atoms with Crippen LogP contribution in [0, 0.1) is 5.92 Å². The van der Waals surface area contributed by atoms with Crippen molar-refractivity contribution in [3.8, 4) is 5.75 Å². The van der Waals surface area contributed by atoms with Gasteiger partial charge in [-0.25, -0.2) is 4.79 Å². The SMILES string of the molecule is COc1ccc(CCNC(=O)NC(C)C(C)C)cc1. The highest BCUT2D eigenvalue weighted by atomic mass is 16.5. The van der Waals surface area contributed by atoms with Crippen LogP contribution >= 0.6 is 0 Å². The Morgan fingerprint density at radius 1 is 1.21 bits per heavy atom. The summed E-state index contributed by atoms with van der Waals surface area (Å²) >= 11 is 0. The van der Waals surface area contributed by atoms with E-state index in [0.29, 0.717) is 12.5 Å². The summed E-state index contributed by atoms with van der Waals surface area (Å²) in [5, 5.41) is 5.78. The Morgan fingerprint density at radius 2 is 1.84 bits per heavy atom. The molecule has 19 heavy (non-hydrogen) atoms. The highest BCUT2D eigenvalue weighted by Crippen LogP contribution is 2.11. The number of rotatable bonds is 6. The number of methoxy groups -OCH3 is 1. The molecule has 4 nitrogen and oxygen atoms in total. The lowest BCUT2D eigenvalue weighted by Gasteiger charge is -2.17. The van der Waals surface area contributed by atoms with Gasteiger partial charge in [0, 0.05) is 12.6 Å². The maximum Gasteiger partial charge on any atom is 0.315 e. The Kier molecular flexibility index (Phi) is 6.19. The zero-order valence-corrected chi connectivity index (χ0v) is 12.2. The van der Waals surface area contributed by atoms with Gasteiger partial charge >= 0.3 is 6.03 Å². The Balaban J connectivity index is 2.27. The summed E-state index contributed by atoms with van der Waals surface area (Å²) in [6.07, 6.45) is 0.813. The van der Waals surface area contributed by atoms with E-state index in [1.807, 2.05) is 31.2 Å². The summed E-state index contributed by atoms with van der Waals surface area (Å²) in [5.74, 6) is 1.28. The first-order valence-corrected chi connectivity index (χ1v) is 6.70. The van der Waals surface area contributed by atoms with E-state index < -0.39 is 0 Å². The van der Waals surface area contributed by atoms with Crippen LogP contribution in [0.25, 0.3) is 0 Å². The zero-order chi connectivity index (χ0) is 14.3. The first-order chi connectivity index (χ1) is 9.02. The van der Waals surface area contributed by atoms with Crippen molar-refractivity contribution in [2.45, 2.75) is 33.2 Å². The van der Waals surface area contributed by atoms with Gasteiger partial charge in [0.25, 0.3) is 0 Å². The highest BCUT2D eigenvalue weighted by Gasteiger charge is 2.09. The Morgan fingerprint density at radius 3 is 2.37 bits per heavy atom. The van der Waals surface area contributed by atoms with E-state index in [1.54, 1.807) is 7.11 Å². The average Bonchev–Trinajstić information content (AvgIpc) is 2.39. The molecule has 0 heterocycles. The molecule has 1 unspecified atom stereocenters. The lowest BCUT2D eigenvalue weighted by Crippen LogP contribution is -2.43. The molecule has 1 aromatic rings. The van der Waals surface area contributed by atoms with E-state index in [1.165, 1.54) is 5.56 Å². The van der Waals surface area contributed by atoms with Gasteiger partial charge in [-0.2, -0.15) is 0 Å². The number of benzene rings is 1. The van der Waals surface area contributed by atoms with Crippen molar-refractivity contribution in [2.24, 2.45) is 5.92 Å². The van der Waals surface area contributed by atoms with E-state index in [0.717, 1.165) is 12.2 Å². The molecule has 1 atom stereocenters. The number of ether oxygens (including phenoxy) is 1. The molecule has 0 fully saturated rings. The molecule has 2 N–H and O–H groups in total. The number of hydrogen-bond acceptors (Lipinski definition) is 2. The fourth-order valence-corrected chi connectivity index (χ4v) is 1.54. The van der Waals surface area contributed by atoms with Crippen LogP contribution in [0.2, 0.25) is 0 Å². The Bertz CT molecular complexity index is 388. The zero-order valence-electron chi connectivity index (χ0n) is 12.2. The summed E-state index contributed by atoms with van der Waals surface area (Å²) in [6.45, 7) is 6.81. The van der Waals surface area contributed by atoms with Gasteiger partial charge < -0.3 is 15.4 Å². The normalized spacial score (nSPS) is 12.1. The van der Waals surface area contributed by atoms with Gasteiger partial charge in [0.2, 0.25) is 0 Å². The lowest BCUT2D eigenvalue weighted by molar-refractivity contribution is 0.234. The smallest absolute Gasteiger partial charge is 0.315 e. The minimum atomic E-state index is -0.102. The van der Waals surface area contributed by atoms with Crippen molar-refractivity contribution < 1.29 is 9.53 Å². The number of carbonyl (C=O) groups is 1. The van der Waals surface area contributed by atoms with Crippen molar-refractivity contribution in [1.82, 2.24) is 10.6 Å². The number of urea groups is 1. The van der Waals surface area contributed by atoms with Gasteiger partial charge in [-0.15, -0.1) is 0 Å². The predicted molar refractivity (Wildman–Crippen MR) is 77.5 cm³/mol. The van der Waals surface area contributed by atoms with Crippen LogP contribution in [0.3, 0.4) is 0 Å².